The van der Waals surface area contributed by atoms with Gasteiger partial charge in [0.15, 0.2) is 23.0 Å². The van der Waals surface area contributed by atoms with E-state index in [9.17, 15) is 14.7 Å². The Labute approximate surface area is 214 Å². The number of aliphatic hydroxyl groups excluding tert-OH is 1. The summed E-state index contributed by atoms with van der Waals surface area (Å²) >= 11 is 0. The lowest BCUT2D eigenvalue weighted by atomic mass is 9.94. The number of fused-ring (bicyclic) bond motifs is 1. The van der Waals surface area contributed by atoms with Crippen molar-refractivity contribution >= 4 is 17.4 Å². The standard InChI is InChI=1S/C27H30N2O8/c1-33-19-5-3-17(15-21(19)34-2)24-23(25(30)18-4-6-20-22(16-18)37-14-13-36-20)26(31)27(32)29(24)8-7-28-9-11-35-12-10-28/h3-6,15-16,24,30H,7-14H2,1-2H3/b25-23-. The average Bonchev–Trinajstić information content (AvgIpc) is 3.20. The van der Waals surface area contributed by atoms with Crippen LogP contribution in [-0.4, -0.2) is 93.4 Å². The minimum absolute atomic E-state index is 0.0101. The molecular formula is C27H30N2O8. The normalized spacial score (nSPS) is 21.2. The highest BCUT2D eigenvalue weighted by atomic mass is 16.6. The number of aliphatic hydroxyl groups is 1. The van der Waals surface area contributed by atoms with Gasteiger partial charge in [0.2, 0.25) is 0 Å². The number of methoxy groups -OCH3 is 2. The van der Waals surface area contributed by atoms with E-state index in [1.807, 2.05) is 0 Å². The first-order valence-electron chi connectivity index (χ1n) is 12.2. The number of rotatable bonds is 7. The van der Waals surface area contributed by atoms with Gasteiger partial charge in [0.1, 0.15) is 19.0 Å². The molecule has 0 aliphatic carbocycles. The van der Waals surface area contributed by atoms with Gasteiger partial charge in [-0.25, -0.2) is 0 Å². The molecule has 3 aliphatic heterocycles. The largest absolute Gasteiger partial charge is 0.507 e. The summed E-state index contributed by atoms with van der Waals surface area (Å²) in [6, 6.07) is 9.37. The van der Waals surface area contributed by atoms with Gasteiger partial charge in [0, 0.05) is 31.7 Å². The molecule has 0 aromatic heterocycles. The number of amides is 1. The fraction of sp³-hybridized carbons (Fsp3) is 0.407. The maximum atomic E-state index is 13.4. The number of hydrogen-bond donors (Lipinski definition) is 1. The van der Waals surface area contributed by atoms with Crippen molar-refractivity contribution in [3.05, 3.63) is 53.1 Å². The average molecular weight is 511 g/mol. The summed E-state index contributed by atoms with van der Waals surface area (Å²) in [5, 5.41) is 11.4. The van der Waals surface area contributed by atoms with Gasteiger partial charge in [-0.05, 0) is 35.9 Å². The van der Waals surface area contributed by atoms with Gasteiger partial charge >= 0.3 is 0 Å². The number of likely N-dealkylation sites (tertiary alicyclic amines) is 1. The van der Waals surface area contributed by atoms with Crippen molar-refractivity contribution < 1.29 is 38.4 Å². The first-order valence-corrected chi connectivity index (χ1v) is 12.2. The van der Waals surface area contributed by atoms with Gasteiger partial charge in [0.05, 0.1) is 39.0 Å². The summed E-state index contributed by atoms with van der Waals surface area (Å²) in [5.41, 5.74) is 0.995. The molecule has 10 heteroatoms. The highest BCUT2D eigenvalue weighted by Gasteiger charge is 2.46. The lowest BCUT2D eigenvalue weighted by Crippen LogP contribution is -2.42. The monoisotopic (exact) mass is 510 g/mol. The summed E-state index contributed by atoms with van der Waals surface area (Å²) in [6.07, 6.45) is 0. The lowest BCUT2D eigenvalue weighted by Gasteiger charge is -2.31. The van der Waals surface area contributed by atoms with E-state index in [0.717, 1.165) is 13.1 Å². The Morgan fingerprint density at radius 1 is 0.919 bits per heavy atom. The topological polar surface area (TPSA) is 107 Å². The van der Waals surface area contributed by atoms with E-state index in [0.29, 0.717) is 73.6 Å². The molecule has 3 aliphatic rings. The number of Topliss-reactive ketones (excluding diaryl/α,β-unsaturated/α-hetero) is 1. The van der Waals surface area contributed by atoms with Crippen molar-refractivity contribution in [2.75, 3.05) is 66.8 Å². The van der Waals surface area contributed by atoms with Gasteiger partial charge in [-0.1, -0.05) is 6.07 Å². The molecule has 0 spiro atoms. The predicted molar refractivity (Wildman–Crippen MR) is 133 cm³/mol. The summed E-state index contributed by atoms with van der Waals surface area (Å²) in [5.74, 6) is 0.330. The third-order valence-electron chi connectivity index (χ3n) is 6.84. The van der Waals surface area contributed by atoms with Crippen molar-refractivity contribution in [2.24, 2.45) is 0 Å². The zero-order chi connectivity index (χ0) is 25.9. The minimum Gasteiger partial charge on any atom is -0.507 e. The van der Waals surface area contributed by atoms with Crippen LogP contribution in [0.3, 0.4) is 0 Å². The zero-order valence-corrected chi connectivity index (χ0v) is 20.9. The van der Waals surface area contributed by atoms with Crippen LogP contribution in [0.2, 0.25) is 0 Å². The molecule has 2 aromatic carbocycles. The van der Waals surface area contributed by atoms with Crippen LogP contribution in [0.25, 0.3) is 5.76 Å². The van der Waals surface area contributed by atoms with Crippen molar-refractivity contribution in [3.63, 3.8) is 0 Å². The van der Waals surface area contributed by atoms with Gasteiger partial charge in [-0.2, -0.15) is 0 Å². The van der Waals surface area contributed by atoms with Crippen LogP contribution in [0.5, 0.6) is 23.0 Å². The maximum Gasteiger partial charge on any atom is 0.295 e. The second kappa shape index (κ2) is 10.7. The SMILES string of the molecule is COc1ccc(C2/C(=C(/O)c3ccc4c(c3)OCCO4)C(=O)C(=O)N2CCN2CCOCC2)cc1OC. The van der Waals surface area contributed by atoms with Gasteiger partial charge in [-0.15, -0.1) is 0 Å². The Bertz CT molecular complexity index is 1220. The number of ether oxygens (including phenoxy) is 5. The van der Waals surface area contributed by atoms with Crippen LogP contribution >= 0.6 is 0 Å². The fourth-order valence-corrected chi connectivity index (χ4v) is 4.90. The number of hydrogen-bond acceptors (Lipinski definition) is 9. The van der Waals surface area contributed by atoms with Crippen LogP contribution in [0, 0.1) is 0 Å². The number of ketones is 1. The van der Waals surface area contributed by atoms with Gasteiger partial charge in [-0.3, -0.25) is 14.5 Å². The first kappa shape index (κ1) is 24.9. The Kier molecular flexibility index (Phi) is 7.20. The highest BCUT2D eigenvalue weighted by Crippen LogP contribution is 2.43. The number of morpholine rings is 1. The number of carbonyl (C=O) groups excluding carboxylic acids is 2. The summed E-state index contributed by atoms with van der Waals surface area (Å²) < 4.78 is 27.5. The smallest absolute Gasteiger partial charge is 0.295 e. The van der Waals surface area contributed by atoms with Crippen molar-refractivity contribution in [3.8, 4) is 23.0 Å². The number of benzene rings is 2. The zero-order valence-electron chi connectivity index (χ0n) is 20.9. The van der Waals surface area contributed by atoms with E-state index in [2.05, 4.69) is 4.90 Å². The molecule has 0 saturated carbocycles. The van der Waals surface area contributed by atoms with Crippen LogP contribution in [0.4, 0.5) is 0 Å². The van der Waals surface area contributed by atoms with E-state index < -0.39 is 17.7 Å². The van der Waals surface area contributed by atoms with E-state index >= 15 is 0 Å². The molecule has 2 fully saturated rings. The Morgan fingerprint density at radius 3 is 2.38 bits per heavy atom. The Balaban J connectivity index is 1.57. The van der Waals surface area contributed by atoms with Crippen LogP contribution in [-0.2, 0) is 14.3 Å². The molecule has 5 rings (SSSR count). The molecule has 0 radical (unpaired) electrons. The molecule has 2 saturated heterocycles. The summed E-state index contributed by atoms with van der Waals surface area (Å²) in [6.45, 7) is 4.46. The Hall–Kier alpha value is -3.76. The number of carbonyl (C=O) groups is 2. The minimum atomic E-state index is -0.811. The molecule has 10 nitrogen and oxygen atoms in total. The summed E-state index contributed by atoms with van der Waals surface area (Å²) in [4.78, 5) is 30.4. The second-order valence-corrected chi connectivity index (χ2v) is 8.92. The molecule has 37 heavy (non-hydrogen) atoms. The quantitative estimate of drug-likeness (QED) is 0.341. The van der Waals surface area contributed by atoms with E-state index in [4.69, 9.17) is 23.7 Å². The van der Waals surface area contributed by atoms with Crippen LogP contribution < -0.4 is 18.9 Å². The lowest BCUT2D eigenvalue weighted by molar-refractivity contribution is -0.140. The molecule has 0 bridgehead atoms. The van der Waals surface area contributed by atoms with Crippen molar-refractivity contribution in [1.82, 2.24) is 9.80 Å². The van der Waals surface area contributed by atoms with Gasteiger partial charge in [0.25, 0.3) is 11.7 Å². The molecule has 1 N–H and O–H groups in total. The molecule has 196 valence electrons. The molecule has 1 unspecified atom stereocenters. The molecule has 1 atom stereocenters. The van der Waals surface area contributed by atoms with Crippen molar-refractivity contribution in [2.45, 2.75) is 6.04 Å². The van der Waals surface area contributed by atoms with Crippen LogP contribution in [0.1, 0.15) is 17.2 Å². The fourth-order valence-electron chi connectivity index (χ4n) is 4.90. The van der Waals surface area contributed by atoms with E-state index in [1.54, 1.807) is 36.4 Å². The third kappa shape index (κ3) is 4.82. The maximum absolute atomic E-state index is 13.4. The van der Waals surface area contributed by atoms with Crippen LogP contribution in [0.15, 0.2) is 42.0 Å². The third-order valence-corrected chi connectivity index (χ3v) is 6.84. The first-order chi connectivity index (χ1) is 18.0. The highest BCUT2D eigenvalue weighted by molar-refractivity contribution is 6.46. The van der Waals surface area contributed by atoms with Gasteiger partial charge < -0.3 is 33.7 Å². The molecule has 3 heterocycles. The molecule has 2 aromatic rings. The summed E-state index contributed by atoms with van der Waals surface area (Å²) in [7, 11) is 3.06. The molecule has 1 amide bonds. The van der Waals surface area contributed by atoms with E-state index in [1.165, 1.54) is 19.1 Å². The second-order valence-electron chi connectivity index (χ2n) is 8.92. The molecular weight excluding hydrogens is 480 g/mol. The number of nitrogens with zero attached hydrogens (tertiary/aromatic N) is 2. The van der Waals surface area contributed by atoms with E-state index in [-0.39, 0.29) is 11.3 Å². The van der Waals surface area contributed by atoms with Crippen molar-refractivity contribution in [1.29, 1.82) is 0 Å². The Morgan fingerprint density at radius 2 is 1.65 bits per heavy atom. The predicted octanol–water partition coefficient (Wildman–Crippen LogP) is 2.23.